The van der Waals surface area contributed by atoms with E-state index in [2.05, 4.69) is 44.2 Å². The molecule has 0 saturated carbocycles. The summed E-state index contributed by atoms with van der Waals surface area (Å²) in [6.07, 6.45) is 3.27. The smallest absolute Gasteiger partial charge is 0.115 e. The second-order valence-electron chi connectivity index (χ2n) is 5.67. The van der Waals surface area contributed by atoms with Crippen LogP contribution in [0.1, 0.15) is 31.4 Å². The van der Waals surface area contributed by atoms with Gasteiger partial charge in [0, 0.05) is 0 Å². The molecule has 0 aliphatic heterocycles. The molecule has 1 N–H and O–H groups in total. The highest BCUT2D eigenvalue weighted by molar-refractivity contribution is 5.27. The standard InChI is InChI=1S/C18H22O/c1-3-18(2,13-15-7-5-4-6-8-15)14-16-9-11-17(19)12-10-16/h4-12,19H,3,13-14H2,1-2H3. The van der Waals surface area contributed by atoms with Crippen molar-refractivity contribution < 1.29 is 5.11 Å². The van der Waals surface area contributed by atoms with Crippen LogP contribution in [-0.4, -0.2) is 5.11 Å². The van der Waals surface area contributed by atoms with Crippen molar-refractivity contribution in [3.8, 4) is 5.75 Å². The van der Waals surface area contributed by atoms with Crippen molar-refractivity contribution in [3.63, 3.8) is 0 Å². The summed E-state index contributed by atoms with van der Waals surface area (Å²) >= 11 is 0. The molecule has 2 aromatic rings. The van der Waals surface area contributed by atoms with Gasteiger partial charge in [0.25, 0.3) is 0 Å². The number of rotatable bonds is 5. The molecule has 0 spiro atoms. The van der Waals surface area contributed by atoms with Gasteiger partial charge in [-0.1, -0.05) is 62.7 Å². The molecular weight excluding hydrogens is 232 g/mol. The highest BCUT2D eigenvalue weighted by Crippen LogP contribution is 2.31. The SMILES string of the molecule is CCC(C)(Cc1ccccc1)Cc1ccc(O)cc1. The molecular formula is C18H22O. The fraction of sp³-hybridized carbons (Fsp3) is 0.333. The van der Waals surface area contributed by atoms with Gasteiger partial charge in [0.15, 0.2) is 0 Å². The summed E-state index contributed by atoms with van der Waals surface area (Å²) in [5.41, 5.74) is 2.95. The maximum atomic E-state index is 9.35. The molecule has 19 heavy (non-hydrogen) atoms. The zero-order chi connectivity index (χ0) is 13.7. The second kappa shape index (κ2) is 5.92. The monoisotopic (exact) mass is 254 g/mol. The maximum absolute atomic E-state index is 9.35. The normalized spacial score (nSPS) is 14.0. The molecule has 0 heterocycles. The lowest BCUT2D eigenvalue weighted by molar-refractivity contribution is 0.305. The van der Waals surface area contributed by atoms with Crippen LogP contribution in [0.2, 0.25) is 0 Å². The molecule has 100 valence electrons. The van der Waals surface area contributed by atoms with Crippen LogP contribution in [0.25, 0.3) is 0 Å². The van der Waals surface area contributed by atoms with Gasteiger partial charge in [-0.2, -0.15) is 0 Å². The summed E-state index contributed by atoms with van der Waals surface area (Å²) in [7, 11) is 0. The van der Waals surface area contributed by atoms with Gasteiger partial charge in [-0.15, -0.1) is 0 Å². The first kappa shape index (κ1) is 13.7. The summed E-state index contributed by atoms with van der Waals surface area (Å²) < 4.78 is 0. The van der Waals surface area contributed by atoms with E-state index in [4.69, 9.17) is 0 Å². The molecule has 1 heteroatoms. The maximum Gasteiger partial charge on any atom is 0.115 e. The van der Waals surface area contributed by atoms with Crippen molar-refractivity contribution in [1.82, 2.24) is 0 Å². The Balaban J connectivity index is 2.11. The lowest BCUT2D eigenvalue weighted by Gasteiger charge is -2.28. The number of phenols is 1. The van der Waals surface area contributed by atoms with Crippen LogP contribution in [0.5, 0.6) is 5.75 Å². The third-order valence-corrected chi connectivity index (χ3v) is 3.89. The van der Waals surface area contributed by atoms with E-state index in [-0.39, 0.29) is 5.41 Å². The Hall–Kier alpha value is -1.76. The molecule has 0 radical (unpaired) electrons. The second-order valence-corrected chi connectivity index (χ2v) is 5.67. The largest absolute Gasteiger partial charge is 0.508 e. The average molecular weight is 254 g/mol. The number of hydrogen-bond donors (Lipinski definition) is 1. The van der Waals surface area contributed by atoms with Gasteiger partial charge >= 0.3 is 0 Å². The van der Waals surface area contributed by atoms with Gasteiger partial charge in [-0.3, -0.25) is 0 Å². The zero-order valence-electron chi connectivity index (χ0n) is 11.8. The summed E-state index contributed by atoms with van der Waals surface area (Å²) in [6, 6.07) is 18.3. The van der Waals surface area contributed by atoms with Crippen molar-refractivity contribution in [2.45, 2.75) is 33.1 Å². The summed E-state index contributed by atoms with van der Waals surface area (Å²) in [5.74, 6) is 0.338. The van der Waals surface area contributed by atoms with Crippen molar-refractivity contribution >= 4 is 0 Å². The molecule has 1 unspecified atom stereocenters. The van der Waals surface area contributed by atoms with Crippen LogP contribution in [-0.2, 0) is 12.8 Å². The van der Waals surface area contributed by atoms with Crippen molar-refractivity contribution in [3.05, 3.63) is 65.7 Å². The van der Waals surface area contributed by atoms with Crippen LogP contribution >= 0.6 is 0 Å². The minimum atomic E-state index is 0.262. The van der Waals surface area contributed by atoms with Gasteiger partial charge in [0.2, 0.25) is 0 Å². The fourth-order valence-electron chi connectivity index (χ4n) is 2.51. The van der Waals surface area contributed by atoms with Crippen molar-refractivity contribution in [2.75, 3.05) is 0 Å². The molecule has 0 saturated heterocycles. The third kappa shape index (κ3) is 3.85. The predicted molar refractivity (Wildman–Crippen MR) is 80.4 cm³/mol. The molecule has 0 aliphatic rings. The topological polar surface area (TPSA) is 20.2 Å². The van der Waals surface area contributed by atoms with Crippen LogP contribution < -0.4 is 0 Å². The molecule has 1 nitrogen and oxygen atoms in total. The molecule has 0 amide bonds. The van der Waals surface area contributed by atoms with E-state index in [9.17, 15) is 5.11 Å². The van der Waals surface area contributed by atoms with Crippen LogP contribution in [0, 0.1) is 5.41 Å². The van der Waals surface area contributed by atoms with Gasteiger partial charge in [0.1, 0.15) is 5.75 Å². The van der Waals surface area contributed by atoms with Crippen molar-refractivity contribution in [1.29, 1.82) is 0 Å². The lowest BCUT2D eigenvalue weighted by atomic mass is 9.76. The van der Waals surface area contributed by atoms with Gasteiger partial charge in [-0.25, -0.2) is 0 Å². The highest BCUT2D eigenvalue weighted by atomic mass is 16.3. The quantitative estimate of drug-likeness (QED) is 0.827. The highest BCUT2D eigenvalue weighted by Gasteiger charge is 2.23. The van der Waals surface area contributed by atoms with E-state index < -0.39 is 0 Å². The summed E-state index contributed by atoms with van der Waals surface area (Å²) in [6.45, 7) is 4.59. The Morgan fingerprint density at radius 2 is 1.37 bits per heavy atom. The van der Waals surface area contributed by atoms with E-state index in [1.165, 1.54) is 11.1 Å². The molecule has 2 rings (SSSR count). The van der Waals surface area contributed by atoms with Gasteiger partial charge in [-0.05, 0) is 41.5 Å². The van der Waals surface area contributed by atoms with Gasteiger partial charge < -0.3 is 5.11 Å². The Kier molecular flexibility index (Phi) is 4.26. The fourth-order valence-corrected chi connectivity index (χ4v) is 2.51. The Labute approximate surface area is 115 Å². The average Bonchev–Trinajstić information content (AvgIpc) is 2.42. The lowest BCUT2D eigenvalue weighted by Crippen LogP contribution is -2.21. The number of phenolic OH excluding ortho intramolecular Hbond substituents is 1. The van der Waals surface area contributed by atoms with E-state index in [1.807, 2.05) is 12.1 Å². The van der Waals surface area contributed by atoms with Crippen molar-refractivity contribution in [2.24, 2.45) is 5.41 Å². The van der Waals surface area contributed by atoms with E-state index >= 15 is 0 Å². The van der Waals surface area contributed by atoms with E-state index in [0.717, 1.165) is 19.3 Å². The minimum Gasteiger partial charge on any atom is -0.508 e. The summed E-state index contributed by atoms with van der Waals surface area (Å²) in [4.78, 5) is 0. The number of benzene rings is 2. The first-order valence-corrected chi connectivity index (χ1v) is 6.93. The Bertz CT molecular complexity index is 501. The van der Waals surface area contributed by atoms with Crippen LogP contribution in [0.3, 0.4) is 0 Å². The molecule has 0 bridgehead atoms. The van der Waals surface area contributed by atoms with Crippen LogP contribution in [0.15, 0.2) is 54.6 Å². The Morgan fingerprint density at radius 1 is 0.842 bits per heavy atom. The number of aromatic hydroxyl groups is 1. The Morgan fingerprint density at radius 3 is 1.89 bits per heavy atom. The molecule has 0 fully saturated rings. The number of hydrogen-bond acceptors (Lipinski definition) is 1. The predicted octanol–water partition coefficient (Wildman–Crippen LogP) is 4.59. The van der Waals surface area contributed by atoms with Gasteiger partial charge in [0.05, 0.1) is 0 Å². The first-order chi connectivity index (χ1) is 9.11. The molecule has 2 aromatic carbocycles. The molecule has 1 atom stereocenters. The summed E-state index contributed by atoms with van der Waals surface area (Å²) in [5, 5.41) is 9.35. The first-order valence-electron chi connectivity index (χ1n) is 6.93. The molecule has 0 aromatic heterocycles. The zero-order valence-corrected chi connectivity index (χ0v) is 11.8. The molecule has 0 aliphatic carbocycles. The third-order valence-electron chi connectivity index (χ3n) is 3.89. The minimum absolute atomic E-state index is 0.262. The van der Waals surface area contributed by atoms with E-state index in [1.54, 1.807) is 12.1 Å². The van der Waals surface area contributed by atoms with Crippen LogP contribution in [0.4, 0.5) is 0 Å². The van der Waals surface area contributed by atoms with E-state index in [0.29, 0.717) is 5.75 Å².